The van der Waals surface area contributed by atoms with E-state index >= 15 is 8.78 Å². The lowest BCUT2D eigenvalue weighted by Gasteiger charge is -2.68. The number of carbonyl (C=O) groups excluding carboxylic acids is 2. The monoisotopic (exact) mass is 532 g/mol. The van der Waals surface area contributed by atoms with E-state index in [0.717, 1.165) is 17.8 Å². The standard InChI is InChI=1S/C28H30F2O6S/c1-25-9-8-16(32)10-19(25)20(29)11-18-17-12-23-35-24(15-6-4-3-5-7-15)36-28(37-23,22(34)14-31)26(17,2)13-21(33)27(18,25)30/h3-10,17-18,20-21,23-24,31,33H,11-14H2,1-2H3/t17-,18-,20-,21-,23-,24+,25-,26?,27-,28+/m0/s1. The molecule has 10 atom stereocenters. The largest absolute Gasteiger partial charge is 0.390 e. The third-order valence-corrected chi connectivity index (χ3v) is 11.3. The Balaban J connectivity index is 1.48. The first kappa shape index (κ1) is 25.4. The fourth-order valence-electron chi connectivity index (χ4n) is 7.81. The fourth-order valence-corrected chi connectivity index (χ4v) is 9.49. The summed E-state index contributed by atoms with van der Waals surface area (Å²) in [6.07, 6.45) is -0.323. The van der Waals surface area contributed by atoms with Crippen molar-refractivity contribution in [1.82, 2.24) is 0 Å². The van der Waals surface area contributed by atoms with E-state index in [4.69, 9.17) is 9.47 Å². The third-order valence-electron chi connectivity index (χ3n) is 9.65. The third kappa shape index (κ3) is 3.18. The van der Waals surface area contributed by atoms with Crippen molar-refractivity contribution in [2.24, 2.45) is 22.7 Å². The summed E-state index contributed by atoms with van der Waals surface area (Å²) in [6.45, 7) is 2.52. The van der Waals surface area contributed by atoms with E-state index in [-0.39, 0.29) is 18.4 Å². The molecule has 6 nitrogen and oxygen atoms in total. The Labute approximate surface area is 218 Å². The maximum absolute atomic E-state index is 17.5. The van der Waals surface area contributed by atoms with Gasteiger partial charge in [-0.2, -0.15) is 0 Å². The molecule has 2 bridgehead atoms. The predicted molar refractivity (Wildman–Crippen MR) is 132 cm³/mol. The molecule has 4 fully saturated rings. The molecule has 37 heavy (non-hydrogen) atoms. The van der Waals surface area contributed by atoms with Crippen molar-refractivity contribution >= 4 is 23.3 Å². The number of benzene rings is 1. The Hall–Kier alpha value is -1.91. The van der Waals surface area contributed by atoms with E-state index in [2.05, 4.69) is 0 Å². The number of ketones is 2. The normalized spacial score (nSPS) is 48.4. The maximum atomic E-state index is 17.5. The van der Waals surface area contributed by atoms with Gasteiger partial charge >= 0.3 is 0 Å². The quantitative estimate of drug-likeness (QED) is 0.609. The van der Waals surface area contributed by atoms with E-state index in [1.807, 2.05) is 30.3 Å². The van der Waals surface area contributed by atoms with Crippen LogP contribution in [0, 0.1) is 22.7 Å². The minimum Gasteiger partial charge on any atom is -0.390 e. The number of alkyl halides is 2. The summed E-state index contributed by atoms with van der Waals surface area (Å²) in [5.41, 5.74) is -4.76. The van der Waals surface area contributed by atoms with Gasteiger partial charge in [0.25, 0.3) is 0 Å². The van der Waals surface area contributed by atoms with Gasteiger partial charge in [-0.3, -0.25) is 9.59 Å². The van der Waals surface area contributed by atoms with Crippen LogP contribution in [0.4, 0.5) is 8.78 Å². The molecule has 5 aliphatic rings. The molecule has 1 aromatic rings. The van der Waals surface area contributed by atoms with Gasteiger partial charge in [0, 0.05) is 22.3 Å². The molecule has 0 aromatic heterocycles. The zero-order valence-corrected chi connectivity index (χ0v) is 21.4. The van der Waals surface area contributed by atoms with Crippen LogP contribution in [0.2, 0.25) is 0 Å². The van der Waals surface area contributed by atoms with Crippen LogP contribution in [0.1, 0.15) is 45.0 Å². The van der Waals surface area contributed by atoms with Crippen LogP contribution in [-0.2, 0) is 19.1 Å². The van der Waals surface area contributed by atoms with Crippen molar-refractivity contribution in [2.45, 2.75) is 67.7 Å². The van der Waals surface area contributed by atoms with Crippen molar-refractivity contribution < 1.29 is 38.1 Å². The molecular weight excluding hydrogens is 502 g/mol. The van der Waals surface area contributed by atoms with E-state index < -0.39 is 75.4 Å². The number of aliphatic hydroxyl groups excluding tert-OH is 2. The highest BCUT2D eigenvalue weighted by Crippen LogP contribution is 2.72. The number of allylic oxidation sites excluding steroid dienone is 4. The Morgan fingerprint density at radius 3 is 2.62 bits per heavy atom. The molecule has 9 heteroatoms. The maximum Gasteiger partial charge on any atom is 0.201 e. The van der Waals surface area contributed by atoms with E-state index in [9.17, 15) is 19.8 Å². The summed E-state index contributed by atoms with van der Waals surface area (Å²) in [7, 11) is 0. The number of carbonyl (C=O) groups is 2. The Morgan fingerprint density at radius 1 is 1.19 bits per heavy atom. The highest BCUT2D eigenvalue weighted by molar-refractivity contribution is 8.01. The molecule has 2 N–H and O–H groups in total. The van der Waals surface area contributed by atoms with E-state index in [1.165, 1.54) is 19.1 Å². The minimum atomic E-state index is -2.28. The Bertz CT molecular complexity index is 1210. The summed E-state index contributed by atoms with van der Waals surface area (Å²) in [5.74, 6) is -2.56. The highest BCUT2D eigenvalue weighted by atomic mass is 32.2. The number of fused-ring (bicyclic) bond motifs is 8. The highest BCUT2D eigenvalue weighted by Gasteiger charge is 2.76. The van der Waals surface area contributed by atoms with Gasteiger partial charge in [0.1, 0.15) is 18.2 Å². The average Bonchev–Trinajstić information content (AvgIpc) is 2.89. The summed E-state index contributed by atoms with van der Waals surface area (Å²) in [6, 6.07) is 9.12. The van der Waals surface area contributed by atoms with Crippen molar-refractivity contribution in [3.8, 4) is 0 Å². The number of hydrogen-bond donors (Lipinski definition) is 2. The van der Waals surface area contributed by atoms with Crippen LogP contribution in [0.25, 0.3) is 0 Å². The molecule has 1 aromatic carbocycles. The summed E-state index contributed by atoms with van der Waals surface area (Å²) in [4.78, 5) is 23.9. The molecule has 0 radical (unpaired) electrons. The molecule has 2 heterocycles. The Kier molecular flexibility index (Phi) is 5.69. The van der Waals surface area contributed by atoms with Crippen molar-refractivity contribution in [3.63, 3.8) is 0 Å². The van der Waals surface area contributed by atoms with Crippen LogP contribution in [0.3, 0.4) is 0 Å². The minimum absolute atomic E-state index is 0.0459. The average molecular weight is 533 g/mol. The zero-order chi connectivity index (χ0) is 26.4. The lowest BCUT2D eigenvalue weighted by Crippen LogP contribution is -2.74. The molecule has 2 aliphatic heterocycles. The molecular formula is C28H30F2O6S. The number of Topliss-reactive ketones (excluding diaryl/α,β-unsaturated/α-hetero) is 1. The first-order valence-electron chi connectivity index (χ1n) is 12.7. The smallest absolute Gasteiger partial charge is 0.201 e. The van der Waals surface area contributed by atoms with E-state index in [0.29, 0.717) is 12.0 Å². The number of halogens is 2. The van der Waals surface area contributed by atoms with Gasteiger partial charge in [-0.25, -0.2) is 8.78 Å². The van der Waals surface area contributed by atoms with Crippen molar-refractivity contribution in [3.05, 3.63) is 59.7 Å². The summed E-state index contributed by atoms with van der Waals surface area (Å²) in [5, 5.41) is 21.6. The van der Waals surface area contributed by atoms with Crippen LogP contribution in [-0.4, -0.2) is 56.7 Å². The van der Waals surface area contributed by atoms with Crippen LogP contribution in [0.5, 0.6) is 0 Å². The number of aliphatic hydroxyl groups is 2. The zero-order valence-electron chi connectivity index (χ0n) is 20.6. The van der Waals surface area contributed by atoms with Crippen LogP contribution in [0.15, 0.2) is 54.1 Å². The molecule has 2 saturated carbocycles. The number of ether oxygens (including phenoxy) is 2. The lowest BCUT2D eigenvalue weighted by atomic mass is 9.43. The molecule has 2 saturated heterocycles. The molecule has 1 unspecified atom stereocenters. The van der Waals surface area contributed by atoms with Gasteiger partial charge < -0.3 is 19.7 Å². The second kappa shape index (κ2) is 8.29. The predicted octanol–water partition coefficient (Wildman–Crippen LogP) is 3.98. The lowest BCUT2D eigenvalue weighted by molar-refractivity contribution is -0.296. The van der Waals surface area contributed by atoms with Gasteiger partial charge in [-0.1, -0.05) is 55.1 Å². The summed E-state index contributed by atoms with van der Waals surface area (Å²) >= 11 is 1.15. The molecule has 198 valence electrons. The Morgan fingerprint density at radius 2 is 1.92 bits per heavy atom. The van der Waals surface area contributed by atoms with E-state index in [1.54, 1.807) is 6.92 Å². The van der Waals surface area contributed by atoms with Gasteiger partial charge in [-0.05, 0) is 49.8 Å². The van der Waals surface area contributed by atoms with Gasteiger partial charge in [0.15, 0.2) is 22.7 Å². The number of rotatable bonds is 3. The first-order chi connectivity index (χ1) is 17.5. The summed E-state index contributed by atoms with van der Waals surface area (Å²) < 4.78 is 45.8. The van der Waals surface area contributed by atoms with Crippen molar-refractivity contribution in [1.29, 1.82) is 0 Å². The molecule has 0 amide bonds. The second-order valence-electron chi connectivity index (χ2n) is 11.3. The fraction of sp³-hybridized carbons (Fsp3) is 0.571. The van der Waals surface area contributed by atoms with Gasteiger partial charge in [0.2, 0.25) is 5.78 Å². The van der Waals surface area contributed by atoms with Gasteiger partial charge in [0.05, 0.1) is 6.10 Å². The molecule has 3 aliphatic carbocycles. The van der Waals surface area contributed by atoms with Crippen LogP contribution >= 0.6 is 11.8 Å². The molecule has 6 rings (SSSR count). The first-order valence-corrected chi connectivity index (χ1v) is 13.5. The van der Waals surface area contributed by atoms with Gasteiger partial charge in [-0.15, -0.1) is 0 Å². The van der Waals surface area contributed by atoms with Crippen LogP contribution < -0.4 is 0 Å². The SMILES string of the molecule is CC12C[C@H](O)[C@@]3(F)[C@@H](C[C@H](F)C4=CC(=O)C=C[C@@]43C)[C@@H]1C[C@H]1O[C@@H](c3ccccc3)O[C@]2(C(=O)CO)S1. The number of thioether (sulfide) groups is 1. The molecule has 0 spiro atoms. The second-order valence-corrected chi connectivity index (χ2v) is 12.7. The van der Waals surface area contributed by atoms with Crippen molar-refractivity contribution in [2.75, 3.05) is 6.61 Å². The topological polar surface area (TPSA) is 93.1 Å². The number of hydrogen-bond acceptors (Lipinski definition) is 7.